The number of benzene rings is 1. The fraction of sp³-hybridized carbons (Fsp3) is 0.353. The number of rotatable bonds is 3. The maximum absolute atomic E-state index is 6.43. The van der Waals surface area contributed by atoms with E-state index >= 15 is 0 Å². The molecule has 126 valence electrons. The molecule has 0 atom stereocenters. The molecule has 24 heavy (non-hydrogen) atoms. The Balaban J connectivity index is 0.00000169. The van der Waals surface area contributed by atoms with Crippen LogP contribution in [-0.2, 0) is 5.54 Å². The lowest BCUT2D eigenvalue weighted by molar-refractivity contribution is 0.373. The average Bonchev–Trinajstić information content (AvgIpc) is 3.27. The van der Waals surface area contributed by atoms with Gasteiger partial charge in [-0.2, -0.15) is 4.98 Å². The summed E-state index contributed by atoms with van der Waals surface area (Å²) in [6.07, 6.45) is 4.07. The molecule has 1 aliphatic rings. The molecule has 2 aromatic heterocycles. The summed E-state index contributed by atoms with van der Waals surface area (Å²) >= 11 is 1.57. The number of halogens is 1. The highest BCUT2D eigenvalue weighted by Crippen LogP contribution is 2.39. The zero-order valence-corrected chi connectivity index (χ0v) is 15.0. The predicted octanol–water partition coefficient (Wildman–Crippen LogP) is 4.32. The monoisotopic (exact) mass is 362 g/mol. The van der Waals surface area contributed by atoms with E-state index in [0.29, 0.717) is 11.7 Å². The third kappa shape index (κ3) is 2.97. The second-order valence-electron chi connectivity index (χ2n) is 6.06. The Bertz CT molecular complexity index is 824. The summed E-state index contributed by atoms with van der Waals surface area (Å²) in [7, 11) is 0. The minimum absolute atomic E-state index is 0. The van der Waals surface area contributed by atoms with Gasteiger partial charge in [-0.05, 0) is 19.8 Å². The molecular formula is C17H19ClN4OS. The third-order valence-corrected chi connectivity index (χ3v) is 5.30. The van der Waals surface area contributed by atoms with Crippen LogP contribution in [0.1, 0.15) is 36.5 Å². The molecule has 3 aromatic rings. The summed E-state index contributed by atoms with van der Waals surface area (Å²) in [5, 5.41) is 5.13. The molecule has 0 aliphatic heterocycles. The lowest BCUT2D eigenvalue weighted by Gasteiger charge is -2.17. The van der Waals surface area contributed by atoms with Crippen molar-refractivity contribution in [1.82, 2.24) is 15.1 Å². The minimum atomic E-state index is -0.436. The smallest absolute Gasteiger partial charge is 0.270 e. The molecule has 4 rings (SSSR count). The van der Waals surface area contributed by atoms with Gasteiger partial charge in [0.25, 0.3) is 5.89 Å². The van der Waals surface area contributed by atoms with Gasteiger partial charge in [-0.3, -0.25) is 0 Å². The average molecular weight is 363 g/mol. The van der Waals surface area contributed by atoms with Crippen LogP contribution in [0.4, 0.5) is 0 Å². The van der Waals surface area contributed by atoms with Crippen LogP contribution in [0.5, 0.6) is 0 Å². The van der Waals surface area contributed by atoms with Crippen LogP contribution in [0, 0.1) is 6.92 Å². The number of hydrogen-bond donors (Lipinski definition) is 1. The number of aryl methyl sites for hydroxylation is 1. The van der Waals surface area contributed by atoms with E-state index in [1.807, 2.05) is 37.3 Å². The van der Waals surface area contributed by atoms with Crippen LogP contribution in [0.25, 0.3) is 22.0 Å². The van der Waals surface area contributed by atoms with Gasteiger partial charge in [0.05, 0.1) is 16.2 Å². The lowest BCUT2D eigenvalue weighted by Crippen LogP contribution is -2.34. The van der Waals surface area contributed by atoms with Crippen molar-refractivity contribution in [3.63, 3.8) is 0 Å². The molecule has 2 N–H and O–H groups in total. The van der Waals surface area contributed by atoms with Gasteiger partial charge in [0.2, 0.25) is 0 Å². The molecule has 7 heteroatoms. The maximum atomic E-state index is 6.43. The van der Waals surface area contributed by atoms with Crippen molar-refractivity contribution in [2.45, 2.75) is 38.1 Å². The van der Waals surface area contributed by atoms with Crippen LogP contribution < -0.4 is 5.73 Å². The normalized spacial score (nSPS) is 16.1. The number of nitrogens with zero attached hydrogens (tertiary/aromatic N) is 3. The van der Waals surface area contributed by atoms with E-state index in [9.17, 15) is 0 Å². The van der Waals surface area contributed by atoms with Crippen molar-refractivity contribution >= 4 is 23.7 Å². The molecule has 1 saturated carbocycles. The van der Waals surface area contributed by atoms with E-state index in [4.69, 9.17) is 10.3 Å². The molecule has 0 unspecified atom stereocenters. The maximum Gasteiger partial charge on any atom is 0.270 e. The predicted molar refractivity (Wildman–Crippen MR) is 97.2 cm³/mol. The number of hydrogen-bond acceptors (Lipinski definition) is 6. The van der Waals surface area contributed by atoms with Crippen molar-refractivity contribution in [2.75, 3.05) is 0 Å². The quantitative estimate of drug-likeness (QED) is 0.750. The SMILES string of the molecule is Cc1nc(-c2ccccc2)c(-c2nc(C3(N)CCCC3)no2)s1.Cl. The Kier molecular flexibility index (Phi) is 4.71. The summed E-state index contributed by atoms with van der Waals surface area (Å²) in [4.78, 5) is 10.2. The first-order valence-electron chi connectivity index (χ1n) is 7.82. The van der Waals surface area contributed by atoms with Gasteiger partial charge < -0.3 is 10.3 Å². The summed E-state index contributed by atoms with van der Waals surface area (Å²) in [5.41, 5.74) is 7.93. The standard InChI is InChI=1S/C17H18N4OS.ClH/c1-11-19-13(12-7-3-2-4-8-12)14(23-11)15-20-16(21-22-15)17(18)9-5-6-10-17;/h2-4,7-8H,5-6,9-10,18H2,1H3;1H. The van der Waals surface area contributed by atoms with Gasteiger partial charge in [-0.25, -0.2) is 4.98 Å². The Labute approximate surface area is 150 Å². The molecule has 0 radical (unpaired) electrons. The Hall–Kier alpha value is -1.76. The van der Waals surface area contributed by atoms with Crippen LogP contribution in [0.3, 0.4) is 0 Å². The lowest BCUT2D eigenvalue weighted by atomic mass is 9.99. The van der Waals surface area contributed by atoms with E-state index in [-0.39, 0.29) is 12.4 Å². The Morgan fingerprint density at radius 2 is 1.83 bits per heavy atom. The number of thiazole rings is 1. The van der Waals surface area contributed by atoms with Crippen molar-refractivity contribution in [1.29, 1.82) is 0 Å². The molecule has 0 amide bonds. The molecule has 1 fully saturated rings. The topological polar surface area (TPSA) is 77.8 Å². The fourth-order valence-corrected chi connectivity index (χ4v) is 3.97. The highest BCUT2D eigenvalue weighted by molar-refractivity contribution is 7.15. The van der Waals surface area contributed by atoms with Crippen LogP contribution in [0.15, 0.2) is 34.9 Å². The van der Waals surface area contributed by atoms with Crippen LogP contribution >= 0.6 is 23.7 Å². The first-order valence-corrected chi connectivity index (χ1v) is 8.64. The summed E-state index contributed by atoms with van der Waals surface area (Å²) in [6.45, 7) is 1.99. The van der Waals surface area contributed by atoms with Crippen molar-refractivity contribution < 1.29 is 4.52 Å². The first kappa shape index (κ1) is 17.1. The molecule has 0 spiro atoms. The molecule has 5 nitrogen and oxygen atoms in total. The fourth-order valence-electron chi connectivity index (χ4n) is 3.11. The zero-order valence-electron chi connectivity index (χ0n) is 13.4. The van der Waals surface area contributed by atoms with E-state index in [0.717, 1.165) is 46.8 Å². The largest absolute Gasteiger partial charge is 0.333 e. The van der Waals surface area contributed by atoms with Gasteiger partial charge in [-0.1, -0.05) is 48.3 Å². The van der Waals surface area contributed by atoms with Crippen molar-refractivity contribution in [2.24, 2.45) is 5.73 Å². The van der Waals surface area contributed by atoms with Crippen molar-refractivity contribution in [3.8, 4) is 22.0 Å². The van der Waals surface area contributed by atoms with E-state index < -0.39 is 5.54 Å². The highest BCUT2D eigenvalue weighted by atomic mass is 35.5. The summed E-state index contributed by atoms with van der Waals surface area (Å²) in [6, 6.07) is 10.1. The van der Waals surface area contributed by atoms with Gasteiger partial charge >= 0.3 is 0 Å². The first-order chi connectivity index (χ1) is 11.2. The second kappa shape index (κ2) is 6.63. The summed E-state index contributed by atoms with van der Waals surface area (Å²) < 4.78 is 5.53. The zero-order chi connectivity index (χ0) is 15.9. The Morgan fingerprint density at radius 1 is 1.12 bits per heavy atom. The van der Waals surface area contributed by atoms with Crippen LogP contribution in [-0.4, -0.2) is 15.1 Å². The van der Waals surface area contributed by atoms with Gasteiger partial charge in [0.15, 0.2) is 5.82 Å². The van der Waals surface area contributed by atoms with Gasteiger partial charge in [0, 0.05) is 5.56 Å². The molecule has 0 saturated heterocycles. The minimum Gasteiger partial charge on any atom is -0.333 e. The van der Waals surface area contributed by atoms with E-state index in [2.05, 4.69) is 15.1 Å². The molecule has 0 bridgehead atoms. The second-order valence-corrected chi connectivity index (χ2v) is 7.27. The van der Waals surface area contributed by atoms with Gasteiger partial charge in [0.1, 0.15) is 4.88 Å². The molecular weight excluding hydrogens is 344 g/mol. The molecule has 1 aromatic carbocycles. The number of nitrogens with two attached hydrogens (primary N) is 1. The highest BCUT2D eigenvalue weighted by Gasteiger charge is 2.36. The third-order valence-electron chi connectivity index (χ3n) is 4.34. The Morgan fingerprint density at radius 3 is 2.54 bits per heavy atom. The van der Waals surface area contributed by atoms with Gasteiger partial charge in [-0.15, -0.1) is 23.7 Å². The number of aromatic nitrogens is 3. The van der Waals surface area contributed by atoms with Crippen molar-refractivity contribution in [3.05, 3.63) is 41.2 Å². The van der Waals surface area contributed by atoms with E-state index in [1.165, 1.54) is 0 Å². The summed E-state index contributed by atoms with van der Waals surface area (Å²) in [5.74, 6) is 1.14. The molecule has 1 aliphatic carbocycles. The van der Waals surface area contributed by atoms with E-state index in [1.54, 1.807) is 11.3 Å². The molecule has 2 heterocycles. The van der Waals surface area contributed by atoms with Crippen LogP contribution in [0.2, 0.25) is 0 Å².